The average Bonchev–Trinajstić information content (AvgIpc) is 3.03. The summed E-state index contributed by atoms with van der Waals surface area (Å²) in [6, 6.07) is 15.2. The van der Waals surface area contributed by atoms with Gasteiger partial charge in [-0.1, -0.05) is 46.3 Å². The minimum Gasteiger partial charge on any atom is -0.349 e. The fraction of sp³-hybridized carbons (Fsp3) is 0.150. The van der Waals surface area contributed by atoms with Gasteiger partial charge in [0.2, 0.25) is 5.91 Å². The minimum absolute atomic E-state index is 0.0853. The van der Waals surface area contributed by atoms with Crippen LogP contribution >= 0.6 is 15.9 Å². The van der Waals surface area contributed by atoms with Gasteiger partial charge in [0.15, 0.2) is 0 Å². The number of nitrogens with one attached hydrogen (secondary N) is 2. The quantitative estimate of drug-likeness (QED) is 0.525. The molecule has 6 nitrogen and oxygen atoms in total. The Bertz CT molecular complexity index is 1200. The number of hydrogen-bond acceptors (Lipinski definition) is 3. The lowest BCUT2D eigenvalue weighted by Crippen LogP contribution is -2.34. The second kappa shape index (κ2) is 7.00. The largest absolute Gasteiger partial charge is 0.349 e. The number of halogens is 1. The highest BCUT2D eigenvalue weighted by Crippen LogP contribution is 2.24. The van der Waals surface area contributed by atoms with Crippen LogP contribution in [0, 0.1) is 0 Å². The summed E-state index contributed by atoms with van der Waals surface area (Å²) in [5, 5.41) is 3.78. The molecule has 2 heterocycles. The van der Waals surface area contributed by atoms with Crippen molar-refractivity contribution in [1.29, 1.82) is 0 Å². The predicted octanol–water partition coefficient (Wildman–Crippen LogP) is 3.52. The van der Waals surface area contributed by atoms with E-state index in [9.17, 15) is 9.59 Å². The molecule has 1 atom stereocenters. The molecule has 2 N–H and O–H groups in total. The first-order valence-corrected chi connectivity index (χ1v) is 9.33. The molecule has 7 heteroatoms. The maximum Gasteiger partial charge on any atom is 0.278 e. The lowest BCUT2D eigenvalue weighted by atomic mass is 10.1. The molecule has 4 rings (SSSR count). The molecule has 2 aromatic carbocycles. The number of carbonyl (C=O) groups excluding carboxylic acids is 1. The van der Waals surface area contributed by atoms with Gasteiger partial charge in [0.25, 0.3) is 5.56 Å². The van der Waals surface area contributed by atoms with E-state index in [2.05, 4.69) is 31.2 Å². The van der Waals surface area contributed by atoms with Crippen LogP contribution in [0.3, 0.4) is 0 Å². The Morgan fingerprint density at radius 1 is 1.26 bits per heavy atom. The zero-order valence-corrected chi connectivity index (χ0v) is 16.2. The monoisotopic (exact) mass is 424 g/mol. The summed E-state index contributed by atoms with van der Waals surface area (Å²) in [5.74, 6) is -0.242. The van der Waals surface area contributed by atoms with Crippen LogP contribution in [0.1, 0.15) is 18.5 Å². The highest BCUT2D eigenvalue weighted by molar-refractivity contribution is 9.10. The number of hydrogen-bond donors (Lipinski definition) is 2. The maximum absolute atomic E-state index is 12.8. The second-order valence-corrected chi connectivity index (χ2v) is 7.33. The van der Waals surface area contributed by atoms with Gasteiger partial charge in [-0.15, -0.1) is 0 Å². The third-order valence-electron chi connectivity index (χ3n) is 4.53. The van der Waals surface area contributed by atoms with E-state index in [1.165, 1.54) is 10.9 Å². The number of nitrogens with zero attached hydrogens (tertiary/aromatic N) is 2. The van der Waals surface area contributed by atoms with E-state index < -0.39 is 0 Å². The molecule has 1 unspecified atom stereocenters. The van der Waals surface area contributed by atoms with Crippen LogP contribution in [0.2, 0.25) is 0 Å². The van der Waals surface area contributed by atoms with Gasteiger partial charge in [-0.3, -0.25) is 14.2 Å². The van der Waals surface area contributed by atoms with Crippen molar-refractivity contribution in [3.05, 3.63) is 75.2 Å². The van der Waals surface area contributed by atoms with E-state index in [0.29, 0.717) is 11.0 Å². The summed E-state index contributed by atoms with van der Waals surface area (Å²) < 4.78 is 2.23. The summed E-state index contributed by atoms with van der Waals surface area (Å²) in [7, 11) is 0. The van der Waals surface area contributed by atoms with Crippen molar-refractivity contribution in [3.63, 3.8) is 0 Å². The molecular weight excluding hydrogens is 408 g/mol. The van der Waals surface area contributed by atoms with Gasteiger partial charge in [-0.05, 0) is 30.7 Å². The Labute approximate surface area is 163 Å². The van der Waals surface area contributed by atoms with E-state index in [4.69, 9.17) is 0 Å². The van der Waals surface area contributed by atoms with Crippen molar-refractivity contribution in [2.45, 2.75) is 19.5 Å². The van der Waals surface area contributed by atoms with Crippen LogP contribution in [0.5, 0.6) is 0 Å². The molecule has 0 aliphatic heterocycles. The Morgan fingerprint density at radius 3 is 2.81 bits per heavy atom. The summed E-state index contributed by atoms with van der Waals surface area (Å²) in [4.78, 5) is 32.7. The van der Waals surface area contributed by atoms with Gasteiger partial charge in [0.1, 0.15) is 17.6 Å². The SMILES string of the molecule is CC(NC(=O)Cn1cnc2c([nH]c3ccc(Br)cc32)c1=O)c1ccccc1. The standard InChI is InChI=1S/C20H17BrN4O2/c1-12(13-5-3-2-4-6-13)23-17(26)10-25-11-22-18-15-9-14(21)7-8-16(15)24-19(18)20(25)27/h2-9,11-12,24H,10H2,1H3,(H,23,26). The van der Waals surface area contributed by atoms with E-state index in [1.807, 2.05) is 55.5 Å². The van der Waals surface area contributed by atoms with Crippen molar-refractivity contribution in [3.8, 4) is 0 Å². The third-order valence-corrected chi connectivity index (χ3v) is 5.02. The molecule has 0 saturated heterocycles. The van der Waals surface area contributed by atoms with Crippen molar-refractivity contribution < 1.29 is 4.79 Å². The van der Waals surface area contributed by atoms with Crippen molar-refractivity contribution in [2.24, 2.45) is 0 Å². The Kier molecular flexibility index (Phi) is 4.53. The maximum atomic E-state index is 12.8. The molecule has 0 fully saturated rings. The van der Waals surface area contributed by atoms with Crippen molar-refractivity contribution in [2.75, 3.05) is 0 Å². The minimum atomic E-state index is -0.269. The van der Waals surface area contributed by atoms with Gasteiger partial charge >= 0.3 is 0 Å². The van der Waals surface area contributed by atoms with Crippen LogP contribution < -0.4 is 10.9 Å². The normalized spacial score (nSPS) is 12.4. The van der Waals surface area contributed by atoms with Crippen molar-refractivity contribution >= 4 is 43.8 Å². The van der Waals surface area contributed by atoms with Gasteiger partial charge in [0.05, 0.1) is 12.4 Å². The van der Waals surface area contributed by atoms with E-state index >= 15 is 0 Å². The predicted molar refractivity (Wildman–Crippen MR) is 109 cm³/mol. The first kappa shape index (κ1) is 17.5. The molecule has 136 valence electrons. The Morgan fingerprint density at radius 2 is 2.04 bits per heavy atom. The highest BCUT2D eigenvalue weighted by Gasteiger charge is 2.14. The zero-order valence-electron chi connectivity index (χ0n) is 14.6. The molecule has 0 bridgehead atoms. The molecule has 27 heavy (non-hydrogen) atoms. The Balaban J connectivity index is 1.60. The number of rotatable bonds is 4. The number of amides is 1. The van der Waals surface area contributed by atoms with Gasteiger partial charge < -0.3 is 10.3 Å². The van der Waals surface area contributed by atoms with Crippen LogP contribution in [0.4, 0.5) is 0 Å². The zero-order chi connectivity index (χ0) is 19.0. The summed E-state index contributed by atoms with van der Waals surface area (Å²) in [6.07, 6.45) is 1.42. The highest BCUT2D eigenvalue weighted by atomic mass is 79.9. The van der Waals surface area contributed by atoms with Gasteiger partial charge in [-0.25, -0.2) is 4.98 Å². The molecule has 0 aliphatic rings. The lowest BCUT2D eigenvalue weighted by Gasteiger charge is -2.14. The van der Waals surface area contributed by atoms with E-state index in [0.717, 1.165) is 20.9 Å². The van der Waals surface area contributed by atoms with Crippen LogP contribution in [-0.2, 0) is 11.3 Å². The topological polar surface area (TPSA) is 79.8 Å². The number of H-pyrrole nitrogens is 1. The summed E-state index contributed by atoms with van der Waals surface area (Å²) in [5.41, 5.74) is 2.57. The Hall–Kier alpha value is -2.93. The van der Waals surface area contributed by atoms with Gasteiger partial charge in [-0.2, -0.15) is 0 Å². The number of fused-ring (bicyclic) bond motifs is 3. The first-order valence-electron chi connectivity index (χ1n) is 8.53. The lowest BCUT2D eigenvalue weighted by molar-refractivity contribution is -0.122. The number of benzene rings is 2. The molecule has 0 radical (unpaired) electrons. The van der Waals surface area contributed by atoms with E-state index in [-0.39, 0.29) is 24.1 Å². The average molecular weight is 425 g/mol. The van der Waals surface area contributed by atoms with Crippen LogP contribution in [-0.4, -0.2) is 20.4 Å². The fourth-order valence-corrected chi connectivity index (χ4v) is 3.50. The molecule has 0 aliphatic carbocycles. The molecular formula is C20H17BrN4O2. The fourth-order valence-electron chi connectivity index (χ4n) is 3.14. The molecule has 4 aromatic rings. The van der Waals surface area contributed by atoms with Gasteiger partial charge in [0, 0.05) is 15.4 Å². The van der Waals surface area contributed by atoms with Crippen LogP contribution in [0.15, 0.2) is 64.1 Å². The molecule has 2 aromatic heterocycles. The first-order chi connectivity index (χ1) is 13.0. The van der Waals surface area contributed by atoms with Crippen LogP contribution in [0.25, 0.3) is 21.9 Å². The number of aromatic nitrogens is 3. The van der Waals surface area contributed by atoms with Crippen molar-refractivity contribution in [1.82, 2.24) is 19.9 Å². The van der Waals surface area contributed by atoms with E-state index in [1.54, 1.807) is 0 Å². The summed E-state index contributed by atoms with van der Waals surface area (Å²) in [6.45, 7) is 1.82. The number of carbonyl (C=O) groups is 1. The molecule has 1 amide bonds. The second-order valence-electron chi connectivity index (χ2n) is 6.42. The molecule has 0 spiro atoms. The smallest absolute Gasteiger partial charge is 0.278 e. The molecule has 0 saturated carbocycles. The summed E-state index contributed by atoms with van der Waals surface area (Å²) >= 11 is 3.43. The third kappa shape index (κ3) is 3.38. The number of aromatic amines is 1.